The van der Waals surface area contributed by atoms with Crippen molar-refractivity contribution in [3.8, 4) is 0 Å². The zero-order valence-corrected chi connectivity index (χ0v) is 14.4. The highest BCUT2D eigenvalue weighted by Crippen LogP contribution is 2.29. The Labute approximate surface area is 141 Å². The van der Waals surface area contributed by atoms with Gasteiger partial charge in [-0.15, -0.1) is 0 Å². The molecule has 0 radical (unpaired) electrons. The van der Waals surface area contributed by atoms with E-state index in [1.807, 2.05) is 17.9 Å². The zero-order chi connectivity index (χ0) is 16.9. The third-order valence-electron chi connectivity index (χ3n) is 4.49. The summed E-state index contributed by atoms with van der Waals surface area (Å²) in [5.41, 5.74) is 2.40. The lowest BCUT2D eigenvalue weighted by Crippen LogP contribution is -2.30. The van der Waals surface area contributed by atoms with Gasteiger partial charge in [0.1, 0.15) is 0 Å². The van der Waals surface area contributed by atoms with Crippen LogP contribution in [0, 0.1) is 0 Å². The van der Waals surface area contributed by atoms with E-state index in [9.17, 15) is 4.79 Å². The third kappa shape index (κ3) is 3.83. The Hall–Kier alpha value is -2.18. The van der Waals surface area contributed by atoms with Crippen molar-refractivity contribution in [1.29, 1.82) is 0 Å². The topological polar surface area (TPSA) is 85.8 Å². The summed E-state index contributed by atoms with van der Waals surface area (Å²) in [5, 5.41) is 11.4. The van der Waals surface area contributed by atoms with E-state index in [0.29, 0.717) is 25.2 Å². The molecule has 1 atom stereocenters. The van der Waals surface area contributed by atoms with Gasteiger partial charge in [-0.1, -0.05) is 12.1 Å². The van der Waals surface area contributed by atoms with E-state index < -0.39 is 0 Å². The normalized spacial score (nSPS) is 16.8. The number of hydrogen-bond donors (Lipinski definition) is 1. The molecule has 1 aliphatic rings. The number of rotatable bonds is 7. The Bertz CT molecular complexity index is 691. The largest absolute Gasteiger partial charge is 0.349 e. The average molecular weight is 331 g/mol. The minimum absolute atomic E-state index is 0.0741. The molecule has 1 aliphatic carbocycles. The monoisotopic (exact) mass is 331 g/mol. The van der Waals surface area contributed by atoms with E-state index in [1.165, 1.54) is 11.3 Å². The molecule has 0 saturated heterocycles. The van der Waals surface area contributed by atoms with E-state index in [0.717, 1.165) is 37.9 Å². The maximum absolute atomic E-state index is 12.2. The Balaban J connectivity index is 1.46. The number of carbonyl (C=O) groups is 1. The predicted molar refractivity (Wildman–Crippen MR) is 88.3 cm³/mol. The van der Waals surface area contributed by atoms with E-state index in [2.05, 4.69) is 27.5 Å². The number of aromatic nitrogens is 4. The average Bonchev–Trinajstić information content (AvgIpc) is 3.16. The Morgan fingerprint density at radius 3 is 3.17 bits per heavy atom. The van der Waals surface area contributed by atoms with Crippen molar-refractivity contribution in [2.45, 2.75) is 64.3 Å². The van der Waals surface area contributed by atoms with E-state index in [-0.39, 0.29) is 11.9 Å². The van der Waals surface area contributed by atoms with Gasteiger partial charge in [0.2, 0.25) is 11.8 Å². The molecular weight excluding hydrogens is 306 g/mol. The zero-order valence-electron chi connectivity index (χ0n) is 14.4. The molecule has 24 heavy (non-hydrogen) atoms. The molecule has 0 saturated carbocycles. The highest BCUT2D eigenvalue weighted by Gasteiger charge is 2.24. The molecule has 7 heteroatoms. The quantitative estimate of drug-likeness (QED) is 0.841. The first-order valence-corrected chi connectivity index (χ1v) is 8.79. The number of aryl methyl sites for hydroxylation is 3. The number of fused-ring (bicyclic) bond motifs is 1. The molecule has 7 nitrogen and oxygen atoms in total. The van der Waals surface area contributed by atoms with Crippen molar-refractivity contribution < 1.29 is 9.32 Å². The number of nitrogens with one attached hydrogen (secondary N) is 1. The molecule has 1 amide bonds. The van der Waals surface area contributed by atoms with Crippen LogP contribution in [0.5, 0.6) is 0 Å². The van der Waals surface area contributed by atoms with Crippen molar-refractivity contribution in [2.75, 3.05) is 0 Å². The summed E-state index contributed by atoms with van der Waals surface area (Å²) < 4.78 is 7.11. The van der Waals surface area contributed by atoms with Crippen LogP contribution in [0.1, 0.15) is 68.0 Å². The third-order valence-corrected chi connectivity index (χ3v) is 4.49. The van der Waals surface area contributed by atoms with Gasteiger partial charge in [-0.05, 0) is 32.1 Å². The van der Waals surface area contributed by atoms with Crippen LogP contribution in [-0.4, -0.2) is 25.8 Å². The van der Waals surface area contributed by atoms with Crippen LogP contribution in [-0.2, 0) is 31.1 Å². The molecule has 0 bridgehead atoms. The summed E-state index contributed by atoms with van der Waals surface area (Å²) in [5.74, 6) is 1.45. The summed E-state index contributed by atoms with van der Waals surface area (Å²) >= 11 is 0. The number of amides is 1. The van der Waals surface area contributed by atoms with Gasteiger partial charge in [-0.2, -0.15) is 10.1 Å². The fraction of sp³-hybridized carbons (Fsp3) is 0.647. The lowest BCUT2D eigenvalue weighted by molar-refractivity contribution is -0.122. The number of nitrogens with zero attached hydrogens (tertiary/aromatic N) is 4. The Kier molecular flexibility index (Phi) is 5.27. The molecule has 0 aromatic carbocycles. The maximum atomic E-state index is 12.2. The van der Waals surface area contributed by atoms with Crippen LogP contribution in [0.3, 0.4) is 0 Å². The first-order valence-electron chi connectivity index (χ1n) is 8.79. The minimum Gasteiger partial charge on any atom is -0.349 e. The summed E-state index contributed by atoms with van der Waals surface area (Å²) in [7, 11) is 1.96. The molecular formula is C17H25N5O2. The van der Waals surface area contributed by atoms with Gasteiger partial charge in [0.15, 0.2) is 5.82 Å². The predicted octanol–water partition coefficient (Wildman–Crippen LogP) is 2.27. The fourth-order valence-electron chi connectivity index (χ4n) is 3.24. The molecule has 1 N–H and O–H groups in total. The molecule has 0 spiro atoms. The SMILES string of the molecule is CCCc1noc(CCCC(=O)N[C@@H]2CCCc3c2cnn3C)n1. The second kappa shape index (κ2) is 7.59. The highest BCUT2D eigenvalue weighted by atomic mass is 16.5. The van der Waals surface area contributed by atoms with Gasteiger partial charge in [0.05, 0.1) is 12.2 Å². The maximum Gasteiger partial charge on any atom is 0.226 e. The van der Waals surface area contributed by atoms with Crippen LogP contribution in [0.4, 0.5) is 0 Å². The second-order valence-electron chi connectivity index (χ2n) is 6.39. The Morgan fingerprint density at radius 2 is 2.33 bits per heavy atom. The van der Waals surface area contributed by atoms with Crippen molar-refractivity contribution in [3.05, 3.63) is 29.2 Å². The van der Waals surface area contributed by atoms with E-state index >= 15 is 0 Å². The summed E-state index contributed by atoms with van der Waals surface area (Å²) in [6.45, 7) is 2.08. The number of carbonyl (C=O) groups excluding carboxylic acids is 1. The first kappa shape index (κ1) is 16.7. The van der Waals surface area contributed by atoms with Crippen LogP contribution in [0.2, 0.25) is 0 Å². The van der Waals surface area contributed by atoms with Crippen LogP contribution < -0.4 is 5.32 Å². The van der Waals surface area contributed by atoms with Gasteiger partial charge < -0.3 is 9.84 Å². The van der Waals surface area contributed by atoms with Crippen molar-refractivity contribution in [2.24, 2.45) is 7.05 Å². The van der Waals surface area contributed by atoms with E-state index in [4.69, 9.17) is 4.52 Å². The first-order chi connectivity index (χ1) is 11.7. The molecule has 2 aromatic rings. The van der Waals surface area contributed by atoms with Crippen LogP contribution in [0.25, 0.3) is 0 Å². The molecule has 2 heterocycles. The standard InChI is InChI=1S/C17H25N5O2/c1-3-6-15-20-17(24-21-15)10-5-9-16(23)19-13-7-4-8-14-12(13)11-18-22(14)2/h11,13H,3-10H2,1-2H3,(H,19,23)/t13-/m1/s1. The van der Waals surface area contributed by atoms with Gasteiger partial charge >= 0.3 is 0 Å². The summed E-state index contributed by atoms with van der Waals surface area (Å²) in [6.07, 6.45) is 8.64. The van der Waals surface area contributed by atoms with Gasteiger partial charge in [-0.3, -0.25) is 9.48 Å². The van der Waals surface area contributed by atoms with E-state index in [1.54, 1.807) is 0 Å². The Morgan fingerprint density at radius 1 is 1.46 bits per heavy atom. The van der Waals surface area contributed by atoms with Crippen molar-refractivity contribution in [1.82, 2.24) is 25.2 Å². The lowest BCUT2D eigenvalue weighted by Gasteiger charge is -2.23. The van der Waals surface area contributed by atoms with Crippen LogP contribution in [0.15, 0.2) is 10.7 Å². The lowest BCUT2D eigenvalue weighted by atomic mass is 9.93. The second-order valence-corrected chi connectivity index (χ2v) is 6.39. The molecule has 0 fully saturated rings. The number of hydrogen-bond acceptors (Lipinski definition) is 5. The molecule has 130 valence electrons. The molecule has 0 unspecified atom stereocenters. The van der Waals surface area contributed by atoms with Gasteiger partial charge in [0, 0.05) is 37.6 Å². The van der Waals surface area contributed by atoms with Crippen molar-refractivity contribution >= 4 is 5.91 Å². The highest BCUT2D eigenvalue weighted by molar-refractivity contribution is 5.76. The fourth-order valence-corrected chi connectivity index (χ4v) is 3.24. The molecule has 3 rings (SSSR count). The summed E-state index contributed by atoms with van der Waals surface area (Å²) in [4.78, 5) is 16.5. The minimum atomic E-state index is 0.0741. The van der Waals surface area contributed by atoms with Gasteiger partial charge in [0.25, 0.3) is 0 Å². The smallest absolute Gasteiger partial charge is 0.226 e. The van der Waals surface area contributed by atoms with Crippen LogP contribution >= 0.6 is 0 Å². The van der Waals surface area contributed by atoms with Crippen molar-refractivity contribution in [3.63, 3.8) is 0 Å². The van der Waals surface area contributed by atoms with Gasteiger partial charge in [-0.25, -0.2) is 0 Å². The molecule has 2 aromatic heterocycles. The summed E-state index contributed by atoms with van der Waals surface area (Å²) in [6, 6.07) is 0.0921. The molecule has 0 aliphatic heterocycles.